The van der Waals surface area contributed by atoms with Crippen LogP contribution >= 0.6 is 0 Å². The molecule has 258 valence electrons. The van der Waals surface area contributed by atoms with Gasteiger partial charge in [0.15, 0.2) is 5.58 Å². The van der Waals surface area contributed by atoms with Gasteiger partial charge in [-0.15, -0.1) is 0 Å². The fourth-order valence-electron chi connectivity index (χ4n) is 7.46. The van der Waals surface area contributed by atoms with E-state index in [1.165, 1.54) is 65.3 Å². The first-order valence-corrected chi connectivity index (χ1v) is 18.6. The van der Waals surface area contributed by atoms with Crippen LogP contribution in [0.5, 0.6) is 0 Å². The number of para-hydroxylation sites is 2. The number of anilines is 2. The van der Waals surface area contributed by atoms with E-state index in [0.717, 1.165) is 68.2 Å². The molecule has 0 saturated heterocycles. The third kappa shape index (κ3) is 7.65. The Kier molecular flexibility index (Phi) is 10.00. The van der Waals surface area contributed by atoms with Crippen molar-refractivity contribution in [3.63, 3.8) is 0 Å². The summed E-state index contributed by atoms with van der Waals surface area (Å²) in [7, 11) is 0. The summed E-state index contributed by atoms with van der Waals surface area (Å²) >= 11 is 0. The lowest BCUT2D eigenvalue weighted by atomic mass is 9.99. The van der Waals surface area contributed by atoms with Crippen LogP contribution < -0.4 is 9.80 Å². The van der Waals surface area contributed by atoms with Crippen molar-refractivity contribution < 1.29 is 4.42 Å². The van der Waals surface area contributed by atoms with Gasteiger partial charge in [-0.05, 0) is 80.0 Å². The normalized spacial score (nSPS) is 14.2. The summed E-state index contributed by atoms with van der Waals surface area (Å²) in [4.78, 5) is 14.2. The van der Waals surface area contributed by atoms with Gasteiger partial charge in [0.05, 0.1) is 24.7 Å². The van der Waals surface area contributed by atoms with Crippen molar-refractivity contribution in [2.75, 3.05) is 36.2 Å². The molecule has 0 saturated carbocycles. The molecule has 6 heteroatoms. The molecule has 2 aromatic heterocycles. The van der Waals surface area contributed by atoms with Crippen LogP contribution in [-0.2, 0) is 12.8 Å². The summed E-state index contributed by atoms with van der Waals surface area (Å²) in [6.07, 6.45) is 20.2. The van der Waals surface area contributed by atoms with Crippen LogP contribution in [0.25, 0.3) is 33.2 Å². The lowest BCUT2D eigenvalue weighted by molar-refractivity contribution is 0.354. The second-order valence-electron chi connectivity index (χ2n) is 13.9. The summed E-state index contributed by atoms with van der Waals surface area (Å²) < 4.78 is 6.58. The lowest BCUT2D eigenvalue weighted by Gasteiger charge is -2.23. The SMILES string of the molecule is C1=CN(c2ccccc2)CN1CCCCN1C=CN(c2ccc(CCCCCCc3ccc(-c4ccccc4)nc3)c3c2oc2ccccc23)C1. The van der Waals surface area contributed by atoms with Crippen molar-refractivity contribution in [3.8, 4) is 11.3 Å². The van der Waals surface area contributed by atoms with Crippen molar-refractivity contribution >= 4 is 33.3 Å². The van der Waals surface area contributed by atoms with Crippen molar-refractivity contribution in [3.05, 3.63) is 151 Å². The molecule has 2 aliphatic heterocycles. The highest BCUT2D eigenvalue weighted by molar-refractivity contribution is 6.10. The summed E-state index contributed by atoms with van der Waals surface area (Å²) in [6, 6.07) is 38.5. The number of pyridine rings is 1. The first kappa shape index (κ1) is 32.7. The molecular weight excluding hydrogens is 627 g/mol. The van der Waals surface area contributed by atoms with E-state index >= 15 is 0 Å². The maximum atomic E-state index is 6.58. The Bertz CT molecular complexity index is 2090. The largest absolute Gasteiger partial charge is 0.454 e. The maximum absolute atomic E-state index is 6.58. The fourth-order valence-corrected chi connectivity index (χ4v) is 7.46. The van der Waals surface area contributed by atoms with Gasteiger partial charge in [0.1, 0.15) is 5.58 Å². The molecule has 0 spiro atoms. The van der Waals surface area contributed by atoms with Crippen LogP contribution in [0.2, 0.25) is 0 Å². The van der Waals surface area contributed by atoms with Crippen molar-refractivity contribution in [2.24, 2.45) is 0 Å². The third-order valence-electron chi connectivity index (χ3n) is 10.3. The number of unbranched alkanes of at least 4 members (excludes halogenated alkanes) is 4. The van der Waals surface area contributed by atoms with E-state index in [0.29, 0.717) is 0 Å². The monoisotopic (exact) mass is 673 g/mol. The van der Waals surface area contributed by atoms with Gasteiger partial charge in [-0.3, -0.25) is 4.98 Å². The molecule has 0 N–H and O–H groups in total. The summed E-state index contributed by atoms with van der Waals surface area (Å²) in [6.45, 7) is 3.89. The quantitative estimate of drug-likeness (QED) is 0.101. The Balaban J connectivity index is 0.822. The van der Waals surface area contributed by atoms with E-state index in [4.69, 9.17) is 9.40 Å². The minimum Gasteiger partial charge on any atom is -0.454 e. The van der Waals surface area contributed by atoms with Crippen LogP contribution in [0.3, 0.4) is 0 Å². The highest BCUT2D eigenvalue weighted by Crippen LogP contribution is 2.39. The van der Waals surface area contributed by atoms with Crippen LogP contribution in [0.4, 0.5) is 11.4 Å². The molecule has 6 nitrogen and oxygen atoms in total. The number of benzene rings is 4. The summed E-state index contributed by atoms with van der Waals surface area (Å²) in [5, 5.41) is 2.50. The van der Waals surface area contributed by atoms with Crippen LogP contribution in [0, 0.1) is 0 Å². The molecule has 4 aromatic carbocycles. The minimum absolute atomic E-state index is 0.849. The van der Waals surface area contributed by atoms with Gasteiger partial charge >= 0.3 is 0 Å². The molecule has 0 aliphatic carbocycles. The zero-order valence-electron chi connectivity index (χ0n) is 29.4. The topological polar surface area (TPSA) is 39.0 Å². The average molecular weight is 674 g/mol. The highest BCUT2D eigenvalue weighted by atomic mass is 16.3. The second kappa shape index (κ2) is 15.6. The van der Waals surface area contributed by atoms with E-state index in [1.54, 1.807) is 0 Å². The van der Waals surface area contributed by atoms with E-state index < -0.39 is 0 Å². The van der Waals surface area contributed by atoms with Crippen molar-refractivity contribution in [2.45, 2.75) is 51.4 Å². The molecule has 2 aliphatic rings. The van der Waals surface area contributed by atoms with Gasteiger partial charge in [0.2, 0.25) is 0 Å². The second-order valence-corrected chi connectivity index (χ2v) is 13.9. The number of fused-ring (bicyclic) bond motifs is 3. The minimum atomic E-state index is 0.849. The predicted molar refractivity (Wildman–Crippen MR) is 211 cm³/mol. The average Bonchev–Trinajstić information content (AvgIpc) is 3.95. The summed E-state index contributed by atoms with van der Waals surface area (Å²) in [5.74, 6) is 0. The standard InChI is InChI=1S/C45H47N5O/c1(5-15-36-23-25-41(46-33-36)37-16-7-3-8-17-37)2-6-18-38-24-26-42(45-44(38)40-21-11-12-22-43(40)51-45)50-32-30-48(35-50)28-14-13-27-47-29-31-49(34-47)39-19-9-4-10-20-39/h3-4,7-12,16-17,19-26,29-33H,1-2,5-6,13-15,18,27-28,34-35H2. The number of rotatable bonds is 15. The van der Waals surface area contributed by atoms with Crippen LogP contribution in [0.15, 0.2) is 145 Å². The molecule has 0 amide bonds. The van der Waals surface area contributed by atoms with Gasteiger partial charge in [-0.25, -0.2) is 0 Å². The molecule has 4 heterocycles. The molecule has 0 radical (unpaired) electrons. The molecular formula is C45H47N5O. The molecule has 0 unspecified atom stereocenters. The lowest BCUT2D eigenvalue weighted by Crippen LogP contribution is -2.28. The van der Waals surface area contributed by atoms with Crippen molar-refractivity contribution in [1.82, 2.24) is 14.8 Å². The number of hydrogen-bond donors (Lipinski definition) is 0. The predicted octanol–water partition coefficient (Wildman–Crippen LogP) is 10.6. The zero-order chi connectivity index (χ0) is 34.2. The molecule has 0 atom stereocenters. The Hall–Kier alpha value is -5.49. The van der Waals surface area contributed by atoms with Gasteiger partial charge < -0.3 is 24.0 Å². The maximum Gasteiger partial charge on any atom is 0.159 e. The Morgan fingerprint density at radius 1 is 0.569 bits per heavy atom. The number of aryl methyl sites for hydroxylation is 2. The summed E-state index contributed by atoms with van der Waals surface area (Å²) in [5.41, 5.74) is 9.30. The van der Waals surface area contributed by atoms with Gasteiger partial charge in [-0.1, -0.05) is 91.7 Å². The van der Waals surface area contributed by atoms with E-state index in [2.05, 4.69) is 148 Å². The Morgan fingerprint density at radius 3 is 2.02 bits per heavy atom. The zero-order valence-corrected chi connectivity index (χ0v) is 29.4. The van der Waals surface area contributed by atoms with E-state index in [-0.39, 0.29) is 0 Å². The van der Waals surface area contributed by atoms with E-state index in [1.807, 2.05) is 12.3 Å². The molecule has 0 bridgehead atoms. The molecule has 51 heavy (non-hydrogen) atoms. The van der Waals surface area contributed by atoms with E-state index in [9.17, 15) is 0 Å². The molecule has 0 fully saturated rings. The smallest absolute Gasteiger partial charge is 0.159 e. The van der Waals surface area contributed by atoms with Crippen LogP contribution in [-0.4, -0.2) is 41.2 Å². The first-order valence-electron chi connectivity index (χ1n) is 18.6. The number of nitrogens with zero attached hydrogens (tertiary/aromatic N) is 5. The molecule has 8 rings (SSSR count). The number of aromatic nitrogens is 1. The number of furan rings is 1. The van der Waals surface area contributed by atoms with Gasteiger partial charge in [-0.2, -0.15) is 0 Å². The first-order chi connectivity index (χ1) is 25.3. The highest BCUT2D eigenvalue weighted by Gasteiger charge is 2.21. The Labute approximate surface area is 301 Å². The fraction of sp³-hybridized carbons (Fsp3) is 0.267. The third-order valence-corrected chi connectivity index (χ3v) is 10.3. The molecule has 6 aromatic rings. The van der Waals surface area contributed by atoms with Crippen LogP contribution in [0.1, 0.15) is 49.7 Å². The van der Waals surface area contributed by atoms with Gasteiger partial charge in [0.25, 0.3) is 0 Å². The van der Waals surface area contributed by atoms with Gasteiger partial charge in [0, 0.05) is 66.1 Å². The number of hydrogen-bond acceptors (Lipinski definition) is 6. The van der Waals surface area contributed by atoms with Crippen molar-refractivity contribution in [1.29, 1.82) is 0 Å². The Morgan fingerprint density at radius 2 is 1.25 bits per heavy atom.